The molecule has 1 aromatic carbocycles. The van der Waals surface area contributed by atoms with E-state index in [2.05, 4.69) is 10.1 Å². The summed E-state index contributed by atoms with van der Waals surface area (Å²) in [6, 6.07) is 8.84. The van der Waals surface area contributed by atoms with Crippen molar-refractivity contribution in [1.29, 1.82) is 0 Å². The van der Waals surface area contributed by atoms with E-state index in [1.807, 2.05) is 0 Å². The van der Waals surface area contributed by atoms with Gasteiger partial charge in [-0.05, 0) is 52.8 Å². The Morgan fingerprint density at radius 3 is 2.53 bits per heavy atom. The quantitative estimate of drug-likeness (QED) is 0.327. The van der Waals surface area contributed by atoms with Crippen LogP contribution in [-0.4, -0.2) is 58.4 Å². The van der Waals surface area contributed by atoms with E-state index in [9.17, 15) is 14.2 Å². The summed E-state index contributed by atoms with van der Waals surface area (Å²) in [6.45, 7) is 8.09. The molecule has 0 amide bonds. The van der Waals surface area contributed by atoms with Gasteiger partial charge in [0.2, 0.25) is 0 Å². The summed E-state index contributed by atoms with van der Waals surface area (Å²) >= 11 is 0. The third kappa shape index (κ3) is 6.60. The van der Waals surface area contributed by atoms with Crippen molar-refractivity contribution in [1.82, 2.24) is 14.6 Å². The largest absolute Gasteiger partial charge is 0.462 e. The highest BCUT2D eigenvalue weighted by molar-refractivity contribution is 7.52. The van der Waals surface area contributed by atoms with Crippen molar-refractivity contribution in [2.45, 2.75) is 77.1 Å². The van der Waals surface area contributed by atoms with Gasteiger partial charge in [0.25, 0.3) is 0 Å². The Bertz CT molecular complexity index is 1240. The predicted octanol–water partition coefficient (Wildman–Crippen LogP) is 2.38. The molecule has 38 heavy (non-hydrogen) atoms. The van der Waals surface area contributed by atoms with Crippen molar-refractivity contribution < 1.29 is 37.4 Å². The molecule has 2 aliphatic rings. The molecule has 2 fully saturated rings. The van der Waals surface area contributed by atoms with Crippen LogP contribution in [0.2, 0.25) is 0 Å². The van der Waals surface area contributed by atoms with Gasteiger partial charge in [-0.1, -0.05) is 18.2 Å². The Morgan fingerprint density at radius 2 is 1.87 bits per heavy atom. The summed E-state index contributed by atoms with van der Waals surface area (Å²) in [5, 5.41) is 2.63. The lowest BCUT2D eigenvalue weighted by molar-refractivity contribution is -0.200. The van der Waals surface area contributed by atoms with Gasteiger partial charge < -0.3 is 29.2 Å². The van der Waals surface area contributed by atoms with E-state index in [1.165, 1.54) is 23.8 Å². The number of rotatable bonds is 10. The zero-order valence-corrected chi connectivity index (χ0v) is 22.7. The summed E-state index contributed by atoms with van der Waals surface area (Å²) in [4.78, 5) is 28.7. The maximum Gasteiger partial charge on any atom is 0.459 e. The van der Waals surface area contributed by atoms with Crippen LogP contribution in [0.4, 0.5) is 5.82 Å². The van der Waals surface area contributed by atoms with Gasteiger partial charge in [-0.25, -0.2) is 9.36 Å². The summed E-state index contributed by atoms with van der Waals surface area (Å²) in [7, 11) is -4.15. The first-order valence-electron chi connectivity index (χ1n) is 12.2. The highest BCUT2D eigenvalue weighted by Crippen LogP contribution is 2.48. The molecule has 13 nitrogen and oxygen atoms in total. The maximum atomic E-state index is 13.8. The number of para-hydroxylation sites is 1. The number of nitrogens with two attached hydrogens (primary N) is 1. The van der Waals surface area contributed by atoms with Crippen LogP contribution in [0.1, 0.15) is 40.8 Å². The lowest BCUT2D eigenvalue weighted by Crippen LogP contribution is -2.38. The minimum atomic E-state index is -4.15. The zero-order chi connectivity index (χ0) is 27.7. The van der Waals surface area contributed by atoms with Crippen molar-refractivity contribution in [2.75, 3.05) is 12.3 Å². The van der Waals surface area contributed by atoms with Gasteiger partial charge >= 0.3 is 19.4 Å². The Kier molecular flexibility index (Phi) is 8.26. The topological polar surface area (TPSA) is 162 Å². The Morgan fingerprint density at radius 1 is 1.18 bits per heavy atom. The van der Waals surface area contributed by atoms with Gasteiger partial charge in [0, 0.05) is 6.20 Å². The zero-order valence-electron chi connectivity index (χ0n) is 21.8. The highest BCUT2D eigenvalue weighted by atomic mass is 31.2. The first-order chi connectivity index (χ1) is 17.9. The molecular weight excluding hydrogens is 519 g/mol. The van der Waals surface area contributed by atoms with Crippen LogP contribution in [0.5, 0.6) is 5.75 Å². The molecule has 2 saturated heterocycles. The van der Waals surface area contributed by atoms with E-state index in [0.29, 0.717) is 0 Å². The van der Waals surface area contributed by atoms with E-state index < -0.39 is 55.8 Å². The first-order valence-corrected chi connectivity index (χ1v) is 13.7. The number of aromatic nitrogens is 2. The number of fused-ring (bicyclic) bond motifs is 1. The van der Waals surface area contributed by atoms with Gasteiger partial charge in [-0.15, -0.1) is 0 Å². The monoisotopic (exact) mass is 552 g/mol. The number of nitrogen functional groups attached to an aromatic ring is 1. The number of carbonyl (C=O) groups is 1. The van der Waals surface area contributed by atoms with Crippen molar-refractivity contribution in [2.24, 2.45) is 0 Å². The lowest BCUT2D eigenvalue weighted by Gasteiger charge is -2.27. The Hall–Kier alpha value is -2.80. The van der Waals surface area contributed by atoms with Crippen molar-refractivity contribution in [3.05, 3.63) is 53.1 Å². The first kappa shape index (κ1) is 28.2. The second kappa shape index (κ2) is 11.1. The van der Waals surface area contributed by atoms with Gasteiger partial charge in [0.1, 0.15) is 35.9 Å². The van der Waals surface area contributed by atoms with E-state index >= 15 is 0 Å². The third-order valence-electron chi connectivity index (χ3n) is 5.69. The third-order valence-corrected chi connectivity index (χ3v) is 7.33. The van der Waals surface area contributed by atoms with Crippen LogP contribution in [0.3, 0.4) is 0 Å². The van der Waals surface area contributed by atoms with Gasteiger partial charge in [-0.2, -0.15) is 10.1 Å². The van der Waals surface area contributed by atoms with Gasteiger partial charge in [0.15, 0.2) is 12.0 Å². The number of benzene rings is 1. The molecule has 3 heterocycles. The number of hydrogen-bond acceptors (Lipinski definition) is 11. The lowest BCUT2D eigenvalue weighted by atomic mass is 10.1. The second-order valence-corrected chi connectivity index (χ2v) is 11.4. The molecule has 1 aromatic heterocycles. The van der Waals surface area contributed by atoms with Gasteiger partial charge in [0.05, 0.1) is 12.7 Å². The van der Waals surface area contributed by atoms with Crippen LogP contribution in [0.25, 0.3) is 0 Å². The molecule has 0 bridgehead atoms. The Labute approximate surface area is 220 Å². The van der Waals surface area contributed by atoms with Crippen LogP contribution < -0.4 is 21.0 Å². The summed E-state index contributed by atoms with van der Waals surface area (Å²) < 4.78 is 49.9. The van der Waals surface area contributed by atoms with E-state index in [4.69, 9.17) is 33.7 Å². The summed E-state index contributed by atoms with van der Waals surface area (Å²) in [5.41, 5.74) is 5.00. The number of ether oxygens (including phenoxy) is 4. The molecule has 2 aromatic rings. The predicted molar refractivity (Wildman–Crippen MR) is 135 cm³/mol. The van der Waals surface area contributed by atoms with Crippen LogP contribution in [0, 0.1) is 0 Å². The number of anilines is 1. The second-order valence-electron chi connectivity index (χ2n) is 9.71. The molecule has 4 rings (SSSR count). The highest BCUT2D eigenvalue weighted by Gasteiger charge is 2.56. The molecule has 2 aliphatic heterocycles. The van der Waals surface area contributed by atoms with Crippen molar-refractivity contribution in [3.63, 3.8) is 0 Å². The van der Waals surface area contributed by atoms with E-state index in [1.54, 1.807) is 58.0 Å². The smallest absolute Gasteiger partial charge is 0.459 e. The number of esters is 1. The van der Waals surface area contributed by atoms with E-state index in [-0.39, 0.29) is 24.3 Å². The van der Waals surface area contributed by atoms with Crippen LogP contribution in [0.15, 0.2) is 47.4 Å². The van der Waals surface area contributed by atoms with Crippen LogP contribution in [-0.2, 0) is 32.8 Å². The molecule has 3 N–H and O–H groups in total. The maximum absolute atomic E-state index is 13.8. The Balaban J connectivity index is 1.55. The summed E-state index contributed by atoms with van der Waals surface area (Å²) in [5.74, 6) is -1.27. The van der Waals surface area contributed by atoms with Crippen molar-refractivity contribution in [3.8, 4) is 5.75 Å². The fourth-order valence-electron chi connectivity index (χ4n) is 4.14. The number of carbonyl (C=O) groups excluding carboxylic acids is 1. The SMILES string of the molecule is CC(C)OC(=O)[C@H](C)NP(=O)(OC[C@H]1O[C@@H](n2ccc(N)nc2=O)[C@@H]2OC(C)(C)O[C@@H]21)Oc1ccccc1. The number of hydrogen-bond donors (Lipinski definition) is 2. The average Bonchev–Trinajstić information content (AvgIpc) is 3.31. The minimum Gasteiger partial charge on any atom is -0.462 e. The molecular formula is C24H33N4O9P. The molecule has 0 spiro atoms. The fourth-order valence-corrected chi connectivity index (χ4v) is 5.64. The molecule has 1 unspecified atom stereocenters. The summed E-state index contributed by atoms with van der Waals surface area (Å²) in [6.07, 6.45) is -1.99. The van der Waals surface area contributed by atoms with Crippen LogP contribution >= 0.6 is 7.75 Å². The normalized spacial score (nSPS) is 26.5. The number of nitrogens with zero attached hydrogens (tertiary/aromatic N) is 2. The van der Waals surface area contributed by atoms with Crippen molar-refractivity contribution >= 4 is 19.5 Å². The molecule has 208 valence electrons. The molecule has 0 aliphatic carbocycles. The molecule has 14 heteroatoms. The minimum absolute atomic E-state index is 0.0692. The standard InChI is InChI=1S/C24H33N4O9P/c1-14(2)33-22(29)15(3)27-38(31,37-16-9-7-6-8-10-16)32-13-17-19-20(36-24(4,5)35-19)21(34-17)28-12-11-18(25)26-23(28)30/h6-12,14-15,17,19-21H,13H2,1-5H3,(H,27,31)(H2,25,26,30)/t15-,17+,19+,20+,21+,38?/m0/s1. The van der Waals surface area contributed by atoms with E-state index in [0.717, 1.165) is 0 Å². The fraction of sp³-hybridized carbons (Fsp3) is 0.542. The average molecular weight is 553 g/mol. The molecule has 6 atom stereocenters. The molecule has 0 radical (unpaired) electrons. The number of nitrogens with one attached hydrogen (secondary N) is 1. The molecule has 0 saturated carbocycles. The van der Waals surface area contributed by atoms with Gasteiger partial charge in [-0.3, -0.25) is 13.9 Å².